The van der Waals surface area contributed by atoms with E-state index in [1.54, 1.807) is 31.2 Å². The maximum atomic E-state index is 12.9. The first kappa shape index (κ1) is 25.1. The average molecular weight is 526 g/mol. The molecule has 38 heavy (non-hydrogen) atoms. The molecule has 6 nitrogen and oxygen atoms in total. The van der Waals surface area contributed by atoms with Gasteiger partial charge in [0.05, 0.1) is 23.6 Å². The lowest BCUT2D eigenvalue weighted by molar-refractivity contribution is -0.142. The van der Waals surface area contributed by atoms with Crippen molar-refractivity contribution >= 4 is 28.5 Å². The number of phenolic OH excluding ortho intramolecular Hbond substituents is 2. The zero-order valence-electron chi connectivity index (χ0n) is 20.5. The number of nitrogens with one attached hydrogen (secondary N) is 1. The number of benzene rings is 4. The van der Waals surface area contributed by atoms with Gasteiger partial charge in [-0.1, -0.05) is 66.2 Å². The molecule has 0 saturated heterocycles. The second-order valence-corrected chi connectivity index (χ2v) is 9.27. The van der Waals surface area contributed by atoms with E-state index in [4.69, 9.17) is 16.3 Å². The van der Waals surface area contributed by atoms with Crippen LogP contribution in [0.3, 0.4) is 0 Å². The number of phenols is 2. The number of carbonyl (C=O) groups excluding carboxylic acids is 1. The minimum Gasteiger partial charge on any atom is -0.507 e. The molecule has 0 aliphatic rings. The smallest absolute Gasteiger partial charge is 0.310 e. The van der Waals surface area contributed by atoms with Crippen LogP contribution < -0.4 is 5.56 Å². The monoisotopic (exact) mass is 525 g/mol. The molecule has 0 bridgehead atoms. The second-order valence-electron chi connectivity index (χ2n) is 8.86. The lowest BCUT2D eigenvalue weighted by atomic mass is 9.97. The van der Waals surface area contributed by atoms with Crippen LogP contribution in [0.25, 0.3) is 44.3 Å². The Morgan fingerprint density at radius 2 is 1.50 bits per heavy atom. The van der Waals surface area contributed by atoms with Gasteiger partial charge in [-0.15, -0.1) is 0 Å². The highest BCUT2D eigenvalue weighted by Gasteiger charge is 2.14. The van der Waals surface area contributed by atoms with Crippen molar-refractivity contribution in [2.75, 3.05) is 6.61 Å². The van der Waals surface area contributed by atoms with Gasteiger partial charge in [0.15, 0.2) is 0 Å². The van der Waals surface area contributed by atoms with Crippen molar-refractivity contribution in [2.45, 2.75) is 13.3 Å². The maximum Gasteiger partial charge on any atom is 0.310 e. The SMILES string of the molecule is CCOC(=O)Cc1cccc(-c2cc3cc(-c4ccc(-c5c(O)cccc5O)cc4)c(Cl)cc3[nH]c2=O)c1. The summed E-state index contributed by atoms with van der Waals surface area (Å²) in [5.41, 5.74) is 4.88. The summed E-state index contributed by atoms with van der Waals surface area (Å²) in [5, 5.41) is 21.6. The Bertz CT molecular complexity index is 1700. The highest BCUT2D eigenvalue weighted by Crippen LogP contribution is 2.39. The molecule has 3 N–H and O–H groups in total. The summed E-state index contributed by atoms with van der Waals surface area (Å²) in [7, 11) is 0. The molecule has 5 rings (SSSR count). The van der Waals surface area contributed by atoms with Crippen molar-refractivity contribution in [1.29, 1.82) is 0 Å². The number of ether oxygens (including phenoxy) is 1. The van der Waals surface area contributed by atoms with Crippen molar-refractivity contribution in [3.8, 4) is 44.9 Å². The van der Waals surface area contributed by atoms with Gasteiger partial charge in [-0.05, 0) is 64.9 Å². The topological polar surface area (TPSA) is 99.6 Å². The molecule has 0 aliphatic heterocycles. The van der Waals surface area contributed by atoms with Gasteiger partial charge in [0.1, 0.15) is 11.5 Å². The molecule has 0 atom stereocenters. The highest BCUT2D eigenvalue weighted by atomic mass is 35.5. The van der Waals surface area contributed by atoms with Gasteiger partial charge in [0, 0.05) is 16.6 Å². The molecule has 0 unspecified atom stereocenters. The molecule has 1 heterocycles. The lowest BCUT2D eigenvalue weighted by Gasteiger charge is -2.11. The molecular weight excluding hydrogens is 502 g/mol. The molecule has 0 radical (unpaired) electrons. The number of halogens is 1. The van der Waals surface area contributed by atoms with Crippen molar-refractivity contribution in [3.05, 3.63) is 106 Å². The Kier molecular flexibility index (Phi) is 6.90. The third-order valence-corrected chi connectivity index (χ3v) is 6.64. The molecule has 0 aliphatic carbocycles. The highest BCUT2D eigenvalue weighted by molar-refractivity contribution is 6.34. The first-order valence-corrected chi connectivity index (χ1v) is 12.4. The van der Waals surface area contributed by atoms with Crippen LogP contribution in [0.2, 0.25) is 5.02 Å². The van der Waals surface area contributed by atoms with Crippen LogP contribution in [0.15, 0.2) is 89.7 Å². The quantitative estimate of drug-likeness (QED) is 0.214. The van der Waals surface area contributed by atoms with Crippen molar-refractivity contribution < 1.29 is 19.7 Å². The third kappa shape index (κ3) is 4.99. The van der Waals surface area contributed by atoms with E-state index in [0.717, 1.165) is 22.1 Å². The summed E-state index contributed by atoms with van der Waals surface area (Å²) in [4.78, 5) is 27.8. The number of hydrogen-bond acceptors (Lipinski definition) is 5. The fourth-order valence-corrected chi connectivity index (χ4v) is 4.80. The molecule has 190 valence electrons. The molecular formula is C31H24ClNO5. The molecule has 0 saturated carbocycles. The number of aromatic hydroxyl groups is 2. The van der Waals surface area contributed by atoms with Gasteiger partial charge < -0.3 is 19.9 Å². The maximum absolute atomic E-state index is 12.9. The minimum atomic E-state index is -0.319. The predicted octanol–water partition coefficient (Wildman–Crippen LogP) is 6.70. The van der Waals surface area contributed by atoms with Crippen molar-refractivity contribution in [2.24, 2.45) is 0 Å². The Hall–Kier alpha value is -4.55. The molecule has 7 heteroatoms. The van der Waals surface area contributed by atoms with E-state index in [9.17, 15) is 19.8 Å². The van der Waals surface area contributed by atoms with Crippen LogP contribution >= 0.6 is 11.6 Å². The van der Waals surface area contributed by atoms with E-state index in [0.29, 0.717) is 39.4 Å². The standard InChI is InChI=1S/C31H24ClNO5/c1-2-38-29(36)14-18-5-3-6-21(13-18)24-16-22-15-23(25(32)17-26(22)33-31(24)37)19-9-11-20(12-10-19)30-27(34)7-4-8-28(30)35/h3-13,15-17,34-35H,2,14H2,1H3,(H,33,37). The number of fused-ring (bicyclic) bond motifs is 1. The number of H-pyrrole nitrogens is 1. The van der Waals surface area contributed by atoms with Crippen molar-refractivity contribution in [1.82, 2.24) is 4.98 Å². The second kappa shape index (κ2) is 10.4. The largest absolute Gasteiger partial charge is 0.507 e. The average Bonchev–Trinajstić information content (AvgIpc) is 2.89. The van der Waals surface area contributed by atoms with Crippen LogP contribution in [0.1, 0.15) is 12.5 Å². The first-order chi connectivity index (χ1) is 18.3. The van der Waals surface area contributed by atoms with E-state index >= 15 is 0 Å². The molecule has 5 aromatic rings. The predicted molar refractivity (Wildman–Crippen MR) is 150 cm³/mol. The van der Waals surface area contributed by atoms with E-state index in [1.165, 1.54) is 12.1 Å². The van der Waals surface area contributed by atoms with Gasteiger partial charge in [0.2, 0.25) is 0 Å². The van der Waals surface area contributed by atoms with Crippen LogP contribution in [0.5, 0.6) is 11.5 Å². The van der Waals surface area contributed by atoms with Gasteiger partial charge in [-0.2, -0.15) is 0 Å². The molecule has 0 spiro atoms. The zero-order chi connectivity index (χ0) is 26.8. The van der Waals surface area contributed by atoms with E-state index < -0.39 is 0 Å². The van der Waals surface area contributed by atoms with Crippen LogP contribution in [0, 0.1) is 0 Å². The zero-order valence-corrected chi connectivity index (χ0v) is 21.3. The minimum absolute atomic E-state index is 0.00991. The molecule has 4 aromatic carbocycles. The Balaban J connectivity index is 1.53. The van der Waals surface area contributed by atoms with Gasteiger partial charge in [-0.25, -0.2) is 0 Å². The lowest BCUT2D eigenvalue weighted by Crippen LogP contribution is -2.10. The van der Waals surface area contributed by atoms with E-state index in [2.05, 4.69) is 4.98 Å². The van der Waals surface area contributed by atoms with Crippen molar-refractivity contribution in [3.63, 3.8) is 0 Å². The van der Waals surface area contributed by atoms with E-state index in [1.807, 2.05) is 48.5 Å². The normalized spacial score (nSPS) is 11.0. The Morgan fingerprint density at radius 3 is 2.21 bits per heavy atom. The van der Waals surface area contributed by atoms with E-state index in [-0.39, 0.29) is 29.4 Å². The summed E-state index contributed by atoms with van der Waals surface area (Å²) in [6, 6.07) is 24.7. The van der Waals surface area contributed by atoms with Gasteiger partial charge >= 0.3 is 5.97 Å². The fourth-order valence-electron chi connectivity index (χ4n) is 4.53. The summed E-state index contributed by atoms with van der Waals surface area (Å²) in [5.74, 6) is -0.339. The number of pyridine rings is 1. The molecule has 0 amide bonds. The Labute approximate surface area is 223 Å². The fraction of sp³-hybridized carbons (Fsp3) is 0.0968. The Morgan fingerprint density at radius 1 is 0.842 bits per heavy atom. The first-order valence-electron chi connectivity index (χ1n) is 12.1. The number of rotatable bonds is 6. The molecule has 0 fully saturated rings. The molecule has 1 aromatic heterocycles. The number of aromatic nitrogens is 1. The number of esters is 1. The number of hydrogen-bond donors (Lipinski definition) is 3. The summed E-state index contributed by atoms with van der Waals surface area (Å²) < 4.78 is 5.04. The van der Waals surface area contributed by atoms with Crippen LogP contribution in [-0.4, -0.2) is 27.8 Å². The van der Waals surface area contributed by atoms with Crippen LogP contribution in [-0.2, 0) is 16.0 Å². The number of carbonyl (C=O) groups is 1. The van der Waals surface area contributed by atoms with Crippen LogP contribution in [0.4, 0.5) is 0 Å². The summed E-state index contributed by atoms with van der Waals surface area (Å²) >= 11 is 6.60. The van der Waals surface area contributed by atoms with Gasteiger partial charge in [0.25, 0.3) is 5.56 Å². The third-order valence-electron chi connectivity index (χ3n) is 6.33. The van der Waals surface area contributed by atoms with Gasteiger partial charge in [-0.3, -0.25) is 9.59 Å². The summed E-state index contributed by atoms with van der Waals surface area (Å²) in [6.07, 6.45) is 0.126. The number of aromatic amines is 1. The summed E-state index contributed by atoms with van der Waals surface area (Å²) in [6.45, 7) is 2.07.